The summed E-state index contributed by atoms with van der Waals surface area (Å²) in [4.78, 5) is 5.59. The Morgan fingerprint density at radius 2 is 1.83 bits per heavy atom. The summed E-state index contributed by atoms with van der Waals surface area (Å²) in [5.41, 5.74) is 1.91. The van der Waals surface area contributed by atoms with Gasteiger partial charge in [-0.05, 0) is 36.1 Å². The molecule has 0 saturated carbocycles. The smallest absolute Gasteiger partial charge is 0.124 e. The highest BCUT2D eigenvalue weighted by Crippen LogP contribution is 2.16. The Morgan fingerprint density at radius 3 is 2.50 bits per heavy atom. The molecule has 2 nitrogen and oxygen atoms in total. The lowest BCUT2D eigenvalue weighted by Crippen LogP contribution is -1.85. The Kier molecular flexibility index (Phi) is 4.42. The van der Waals surface area contributed by atoms with E-state index in [1.54, 1.807) is 30.1 Å². The quantitative estimate of drug-likeness (QED) is 0.668. The molecular formula is C15H15NOS. The van der Waals surface area contributed by atoms with Crippen LogP contribution in [0.4, 0.5) is 0 Å². The van der Waals surface area contributed by atoms with Crippen LogP contribution < -0.4 is 0 Å². The molecule has 0 aliphatic heterocycles. The van der Waals surface area contributed by atoms with Gasteiger partial charge in [-0.3, -0.25) is 4.99 Å². The van der Waals surface area contributed by atoms with E-state index in [1.165, 1.54) is 10.5 Å². The third kappa shape index (κ3) is 3.37. The maximum atomic E-state index is 9.58. The third-order valence-corrected chi connectivity index (χ3v) is 3.34. The molecule has 0 heterocycles. The molecule has 0 bridgehead atoms. The Balaban J connectivity index is 2.00. The molecule has 0 unspecified atom stereocenters. The average molecular weight is 257 g/mol. The lowest BCUT2D eigenvalue weighted by molar-refractivity contribution is 0.474. The van der Waals surface area contributed by atoms with Crippen LogP contribution in [0.25, 0.3) is 0 Å². The molecule has 0 aliphatic carbocycles. The van der Waals surface area contributed by atoms with Crippen molar-refractivity contribution < 1.29 is 5.11 Å². The van der Waals surface area contributed by atoms with E-state index in [-0.39, 0.29) is 5.75 Å². The highest BCUT2D eigenvalue weighted by molar-refractivity contribution is 7.98. The van der Waals surface area contributed by atoms with E-state index in [2.05, 4.69) is 35.5 Å². The summed E-state index contributed by atoms with van der Waals surface area (Å²) >= 11 is 1.73. The van der Waals surface area contributed by atoms with E-state index in [0.29, 0.717) is 6.54 Å². The first kappa shape index (κ1) is 12.7. The second kappa shape index (κ2) is 6.26. The van der Waals surface area contributed by atoms with Crippen molar-refractivity contribution in [2.75, 3.05) is 6.26 Å². The molecule has 92 valence electrons. The number of phenolic OH excluding ortho intramolecular Hbond substituents is 1. The lowest BCUT2D eigenvalue weighted by Gasteiger charge is -2.00. The number of thioether (sulfide) groups is 1. The summed E-state index contributed by atoms with van der Waals surface area (Å²) in [7, 11) is 0. The highest BCUT2D eigenvalue weighted by Gasteiger charge is 1.95. The summed E-state index contributed by atoms with van der Waals surface area (Å²) < 4.78 is 0. The van der Waals surface area contributed by atoms with Crippen LogP contribution in [-0.2, 0) is 6.54 Å². The molecule has 2 aromatic rings. The molecule has 0 spiro atoms. The number of hydrogen-bond acceptors (Lipinski definition) is 3. The van der Waals surface area contributed by atoms with Crippen molar-refractivity contribution in [2.45, 2.75) is 11.4 Å². The summed E-state index contributed by atoms with van der Waals surface area (Å²) in [5, 5.41) is 9.58. The van der Waals surface area contributed by atoms with E-state index < -0.39 is 0 Å². The van der Waals surface area contributed by atoms with Gasteiger partial charge < -0.3 is 5.11 Å². The van der Waals surface area contributed by atoms with Gasteiger partial charge in [0.25, 0.3) is 0 Å². The number of nitrogens with zero attached hydrogens (tertiary/aromatic N) is 1. The van der Waals surface area contributed by atoms with Crippen molar-refractivity contribution in [1.82, 2.24) is 0 Å². The molecule has 0 aliphatic rings. The maximum Gasteiger partial charge on any atom is 0.124 e. The minimum Gasteiger partial charge on any atom is -0.507 e. The molecule has 0 radical (unpaired) electrons. The number of aromatic hydroxyl groups is 1. The predicted molar refractivity (Wildman–Crippen MR) is 77.6 cm³/mol. The van der Waals surface area contributed by atoms with Crippen LogP contribution >= 0.6 is 11.8 Å². The zero-order valence-electron chi connectivity index (χ0n) is 10.2. The Labute approximate surface area is 111 Å². The van der Waals surface area contributed by atoms with Crippen molar-refractivity contribution >= 4 is 18.0 Å². The normalized spacial score (nSPS) is 10.9. The number of para-hydroxylation sites is 1. The summed E-state index contributed by atoms with van der Waals surface area (Å²) in [5.74, 6) is 0.263. The second-order valence-corrected chi connectivity index (χ2v) is 4.76. The lowest BCUT2D eigenvalue weighted by atomic mass is 10.2. The predicted octanol–water partition coefficient (Wildman–Crippen LogP) is 3.73. The third-order valence-electron chi connectivity index (χ3n) is 2.60. The first-order valence-electron chi connectivity index (χ1n) is 5.70. The van der Waals surface area contributed by atoms with Crippen LogP contribution in [0.3, 0.4) is 0 Å². The van der Waals surface area contributed by atoms with E-state index in [0.717, 1.165) is 5.56 Å². The number of benzene rings is 2. The standard InChI is InChI=1S/C15H15NOS/c1-18-14-8-6-12(7-9-14)10-16-11-13-4-2-3-5-15(13)17/h2-9,11,17H,10H2,1H3. The largest absolute Gasteiger partial charge is 0.507 e. The fourth-order valence-electron chi connectivity index (χ4n) is 1.58. The number of rotatable bonds is 4. The van der Waals surface area contributed by atoms with Crippen molar-refractivity contribution in [3.05, 3.63) is 59.7 Å². The minimum absolute atomic E-state index is 0.263. The summed E-state index contributed by atoms with van der Waals surface area (Å²) in [6, 6.07) is 15.5. The first-order chi connectivity index (χ1) is 8.79. The van der Waals surface area contributed by atoms with Crippen LogP contribution in [0, 0.1) is 0 Å². The molecule has 3 heteroatoms. The second-order valence-electron chi connectivity index (χ2n) is 3.88. The maximum absolute atomic E-state index is 9.58. The van der Waals surface area contributed by atoms with Crippen molar-refractivity contribution in [1.29, 1.82) is 0 Å². The molecule has 2 rings (SSSR count). The van der Waals surface area contributed by atoms with Crippen LogP contribution in [0.1, 0.15) is 11.1 Å². The van der Waals surface area contributed by atoms with E-state index in [1.807, 2.05) is 12.1 Å². The molecule has 0 saturated heterocycles. The van der Waals surface area contributed by atoms with Gasteiger partial charge in [0.05, 0.1) is 6.54 Å². The van der Waals surface area contributed by atoms with Gasteiger partial charge in [0.1, 0.15) is 5.75 Å². The number of hydrogen-bond donors (Lipinski definition) is 1. The molecule has 18 heavy (non-hydrogen) atoms. The molecule has 1 N–H and O–H groups in total. The number of aliphatic imine (C=N–C) groups is 1. The van der Waals surface area contributed by atoms with Crippen molar-refractivity contribution in [3.8, 4) is 5.75 Å². The van der Waals surface area contributed by atoms with Gasteiger partial charge in [-0.15, -0.1) is 11.8 Å². The molecule has 0 amide bonds. The first-order valence-corrected chi connectivity index (χ1v) is 6.93. The summed E-state index contributed by atoms with van der Waals surface area (Å²) in [6.07, 6.45) is 3.77. The molecule has 0 fully saturated rings. The SMILES string of the molecule is CSc1ccc(CN=Cc2ccccc2O)cc1. The Morgan fingerprint density at radius 1 is 1.11 bits per heavy atom. The number of phenols is 1. The van der Waals surface area contributed by atoms with Crippen LogP contribution in [-0.4, -0.2) is 17.6 Å². The fourth-order valence-corrected chi connectivity index (χ4v) is 1.99. The van der Waals surface area contributed by atoms with Gasteiger partial charge >= 0.3 is 0 Å². The van der Waals surface area contributed by atoms with Gasteiger partial charge in [0.15, 0.2) is 0 Å². The zero-order chi connectivity index (χ0) is 12.8. The fraction of sp³-hybridized carbons (Fsp3) is 0.133. The van der Waals surface area contributed by atoms with Crippen molar-refractivity contribution in [2.24, 2.45) is 4.99 Å². The monoisotopic (exact) mass is 257 g/mol. The van der Waals surface area contributed by atoms with Gasteiger partial charge in [-0.1, -0.05) is 24.3 Å². The van der Waals surface area contributed by atoms with Crippen LogP contribution in [0.2, 0.25) is 0 Å². The van der Waals surface area contributed by atoms with Crippen LogP contribution in [0.5, 0.6) is 5.75 Å². The molecular weight excluding hydrogens is 242 g/mol. The molecule has 0 atom stereocenters. The van der Waals surface area contributed by atoms with Gasteiger partial charge in [0, 0.05) is 16.7 Å². The van der Waals surface area contributed by atoms with Gasteiger partial charge in [-0.2, -0.15) is 0 Å². The average Bonchev–Trinajstić information content (AvgIpc) is 2.42. The van der Waals surface area contributed by atoms with Crippen LogP contribution in [0.15, 0.2) is 58.4 Å². The van der Waals surface area contributed by atoms with Gasteiger partial charge in [0.2, 0.25) is 0 Å². The zero-order valence-corrected chi connectivity index (χ0v) is 11.0. The minimum atomic E-state index is 0.263. The Hall–Kier alpha value is -1.74. The summed E-state index contributed by atoms with van der Waals surface area (Å²) in [6.45, 7) is 0.628. The van der Waals surface area contributed by atoms with E-state index in [9.17, 15) is 5.11 Å². The molecule has 2 aromatic carbocycles. The van der Waals surface area contributed by atoms with E-state index >= 15 is 0 Å². The highest BCUT2D eigenvalue weighted by atomic mass is 32.2. The van der Waals surface area contributed by atoms with E-state index in [4.69, 9.17) is 0 Å². The Bertz CT molecular complexity index is 534. The van der Waals surface area contributed by atoms with Gasteiger partial charge in [-0.25, -0.2) is 0 Å². The van der Waals surface area contributed by atoms with Crippen molar-refractivity contribution in [3.63, 3.8) is 0 Å². The topological polar surface area (TPSA) is 32.6 Å². The molecule has 0 aromatic heterocycles.